The highest BCUT2D eigenvalue weighted by molar-refractivity contribution is 6.38. The SMILES string of the molecule is CC(=O)c1cc2c(cc1C)N=C1NC(=O)C(c3ccc(Cl)cc3Cl)=CC12. The van der Waals surface area contributed by atoms with Crippen LogP contribution in [0.2, 0.25) is 10.0 Å². The van der Waals surface area contributed by atoms with Crippen LogP contribution in [0, 0.1) is 6.92 Å². The molecular formula is C20H14Cl2N2O2. The average molecular weight is 385 g/mol. The highest BCUT2D eigenvalue weighted by Gasteiger charge is 2.34. The Bertz CT molecular complexity index is 1050. The summed E-state index contributed by atoms with van der Waals surface area (Å²) in [4.78, 5) is 29.0. The zero-order chi connectivity index (χ0) is 18.6. The van der Waals surface area contributed by atoms with Crippen LogP contribution in [0.4, 0.5) is 5.69 Å². The van der Waals surface area contributed by atoms with Crippen LogP contribution in [0.3, 0.4) is 0 Å². The molecule has 2 aromatic carbocycles. The first-order valence-corrected chi connectivity index (χ1v) is 8.83. The zero-order valence-electron chi connectivity index (χ0n) is 14.1. The van der Waals surface area contributed by atoms with E-state index in [9.17, 15) is 9.59 Å². The quantitative estimate of drug-likeness (QED) is 0.752. The van der Waals surface area contributed by atoms with Gasteiger partial charge >= 0.3 is 0 Å². The van der Waals surface area contributed by atoms with Crippen molar-refractivity contribution in [3.63, 3.8) is 0 Å². The Morgan fingerprint density at radius 3 is 2.65 bits per heavy atom. The normalized spacial score (nSPS) is 17.8. The molecule has 0 spiro atoms. The molecule has 1 N–H and O–H groups in total. The van der Waals surface area contributed by atoms with E-state index in [-0.39, 0.29) is 17.6 Å². The predicted molar refractivity (Wildman–Crippen MR) is 104 cm³/mol. The summed E-state index contributed by atoms with van der Waals surface area (Å²) in [7, 11) is 0. The summed E-state index contributed by atoms with van der Waals surface area (Å²) < 4.78 is 0. The number of carbonyl (C=O) groups excluding carboxylic acids is 2. The molecule has 2 aromatic rings. The minimum absolute atomic E-state index is 0.00328. The van der Waals surface area contributed by atoms with E-state index in [4.69, 9.17) is 23.2 Å². The molecule has 2 aliphatic rings. The van der Waals surface area contributed by atoms with Gasteiger partial charge in [-0.1, -0.05) is 35.3 Å². The van der Waals surface area contributed by atoms with Crippen molar-refractivity contribution in [1.82, 2.24) is 5.32 Å². The van der Waals surface area contributed by atoms with E-state index < -0.39 is 0 Å². The Morgan fingerprint density at radius 2 is 1.96 bits per heavy atom. The molecule has 1 unspecified atom stereocenters. The number of nitrogens with one attached hydrogen (secondary N) is 1. The van der Waals surface area contributed by atoms with Gasteiger partial charge in [-0.15, -0.1) is 0 Å². The Kier molecular flexibility index (Phi) is 3.98. The van der Waals surface area contributed by atoms with E-state index >= 15 is 0 Å². The maximum absolute atomic E-state index is 12.6. The lowest BCUT2D eigenvalue weighted by atomic mass is 9.88. The summed E-state index contributed by atoms with van der Waals surface area (Å²) in [6.07, 6.45) is 1.85. The number of amides is 1. The number of amidine groups is 1. The fourth-order valence-electron chi connectivity index (χ4n) is 3.40. The molecule has 2 aliphatic heterocycles. The summed E-state index contributed by atoms with van der Waals surface area (Å²) >= 11 is 12.2. The van der Waals surface area contributed by atoms with Crippen molar-refractivity contribution in [2.45, 2.75) is 19.8 Å². The number of halogens is 2. The van der Waals surface area contributed by atoms with Crippen molar-refractivity contribution in [3.05, 3.63) is 68.7 Å². The van der Waals surface area contributed by atoms with Crippen LogP contribution in [0.1, 0.15) is 39.9 Å². The lowest BCUT2D eigenvalue weighted by Gasteiger charge is -2.21. The summed E-state index contributed by atoms with van der Waals surface area (Å²) in [5.41, 5.74) is 4.28. The molecule has 4 rings (SSSR count). The van der Waals surface area contributed by atoms with Crippen LogP contribution in [-0.2, 0) is 4.79 Å². The number of ketones is 1. The second-order valence-corrected chi connectivity index (χ2v) is 7.26. The third kappa shape index (κ3) is 2.66. The molecule has 26 heavy (non-hydrogen) atoms. The van der Waals surface area contributed by atoms with Gasteiger partial charge in [0.05, 0.1) is 16.6 Å². The zero-order valence-corrected chi connectivity index (χ0v) is 15.6. The molecule has 0 aliphatic carbocycles. The van der Waals surface area contributed by atoms with Gasteiger partial charge in [-0.25, -0.2) is 4.99 Å². The molecule has 130 valence electrons. The topological polar surface area (TPSA) is 58.5 Å². The molecule has 2 heterocycles. The Morgan fingerprint density at radius 1 is 1.19 bits per heavy atom. The smallest absolute Gasteiger partial charge is 0.256 e. The fraction of sp³-hybridized carbons (Fsp3) is 0.150. The lowest BCUT2D eigenvalue weighted by Crippen LogP contribution is -2.37. The second kappa shape index (κ2) is 6.08. The molecule has 0 saturated carbocycles. The van der Waals surface area contributed by atoms with Crippen LogP contribution in [0.25, 0.3) is 5.57 Å². The minimum Gasteiger partial charge on any atom is -0.309 e. The van der Waals surface area contributed by atoms with E-state index in [1.165, 1.54) is 0 Å². The van der Waals surface area contributed by atoms with Gasteiger partial charge in [0.1, 0.15) is 5.84 Å². The van der Waals surface area contributed by atoms with Crippen molar-refractivity contribution in [2.75, 3.05) is 0 Å². The third-order valence-corrected chi connectivity index (χ3v) is 5.21. The molecule has 0 bridgehead atoms. The van der Waals surface area contributed by atoms with Crippen molar-refractivity contribution in [2.24, 2.45) is 4.99 Å². The van der Waals surface area contributed by atoms with Crippen molar-refractivity contribution >= 4 is 52.0 Å². The van der Waals surface area contributed by atoms with E-state index in [0.717, 1.165) is 16.8 Å². The van der Waals surface area contributed by atoms with Gasteiger partial charge in [0.2, 0.25) is 0 Å². The summed E-state index contributed by atoms with van der Waals surface area (Å²) in [6.45, 7) is 3.43. The van der Waals surface area contributed by atoms with Gasteiger partial charge in [-0.3, -0.25) is 9.59 Å². The first-order valence-electron chi connectivity index (χ1n) is 8.08. The van der Waals surface area contributed by atoms with Gasteiger partial charge in [0, 0.05) is 21.7 Å². The standard InChI is InChI=1S/C20H14Cl2N2O2/c1-9-5-18-14(7-13(9)10(2)25)15-8-16(20(26)24-19(15)23-18)12-4-3-11(21)6-17(12)22/h3-8,15H,1-2H3,(H,23,24,26). The van der Waals surface area contributed by atoms with E-state index in [1.807, 2.05) is 25.1 Å². The van der Waals surface area contributed by atoms with Crippen LogP contribution in [-0.4, -0.2) is 17.5 Å². The van der Waals surface area contributed by atoms with Crippen molar-refractivity contribution < 1.29 is 9.59 Å². The largest absolute Gasteiger partial charge is 0.309 e. The number of rotatable bonds is 2. The molecule has 4 nitrogen and oxygen atoms in total. The number of carbonyl (C=O) groups is 2. The number of benzene rings is 2. The van der Waals surface area contributed by atoms with Crippen LogP contribution >= 0.6 is 23.2 Å². The first kappa shape index (κ1) is 17.0. The van der Waals surface area contributed by atoms with Crippen LogP contribution in [0.5, 0.6) is 0 Å². The molecule has 6 heteroatoms. The highest BCUT2D eigenvalue weighted by atomic mass is 35.5. The van der Waals surface area contributed by atoms with Gasteiger partial charge in [0.15, 0.2) is 5.78 Å². The number of nitrogens with zero attached hydrogens (tertiary/aromatic N) is 1. The molecule has 0 saturated heterocycles. The molecule has 1 atom stereocenters. The fourth-order valence-corrected chi connectivity index (χ4v) is 3.91. The first-order chi connectivity index (χ1) is 12.3. The number of hydrogen-bond donors (Lipinski definition) is 1. The van der Waals surface area contributed by atoms with Crippen LogP contribution < -0.4 is 5.32 Å². The number of aliphatic imine (C=N–C) groups is 1. The Balaban J connectivity index is 1.85. The van der Waals surface area contributed by atoms with Crippen molar-refractivity contribution in [1.29, 1.82) is 0 Å². The maximum atomic E-state index is 12.6. The van der Waals surface area contributed by atoms with E-state index in [1.54, 1.807) is 25.1 Å². The molecule has 1 amide bonds. The summed E-state index contributed by atoms with van der Waals surface area (Å²) in [5.74, 6) is 0.0890. The van der Waals surface area contributed by atoms with Gasteiger partial charge in [-0.05, 0) is 49.2 Å². The molecule has 0 aromatic heterocycles. The summed E-state index contributed by atoms with van der Waals surface area (Å²) in [5, 5.41) is 3.76. The van der Waals surface area contributed by atoms with Gasteiger partial charge in [-0.2, -0.15) is 0 Å². The predicted octanol–water partition coefficient (Wildman–Crippen LogP) is 4.85. The second-order valence-electron chi connectivity index (χ2n) is 6.42. The Hall–Kier alpha value is -2.43. The average Bonchev–Trinajstić information content (AvgIpc) is 2.89. The van der Waals surface area contributed by atoms with Gasteiger partial charge < -0.3 is 5.32 Å². The molecule has 0 fully saturated rings. The molecular weight excluding hydrogens is 371 g/mol. The lowest BCUT2D eigenvalue weighted by molar-refractivity contribution is -0.114. The maximum Gasteiger partial charge on any atom is 0.256 e. The highest BCUT2D eigenvalue weighted by Crippen LogP contribution is 2.41. The van der Waals surface area contributed by atoms with Gasteiger partial charge in [0.25, 0.3) is 5.91 Å². The number of fused-ring (bicyclic) bond motifs is 3. The number of hydrogen-bond acceptors (Lipinski definition) is 3. The monoisotopic (exact) mass is 384 g/mol. The van der Waals surface area contributed by atoms with Crippen LogP contribution in [0.15, 0.2) is 41.4 Å². The minimum atomic E-state index is -0.263. The Labute approximate surface area is 160 Å². The van der Waals surface area contributed by atoms with Crippen molar-refractivity contribution in [3.8, 4) is 0 Å². The van der Waals surface area contributed by atoms with E-state index in [0.29, 0.717) is 32.6 Å². The summed E-state index contributed by atoms with van der Waals surface area (Å²) in [6, 6.07) is 8.77. The third-order valence-electron chi connectivity index (χ3n) is 4.66. The number of Topliss-reactive ketones (excluding diaryl/α,β-unsaturated/α-hetero) is 1. The van der Waals surface area contributed by atoms with E-state index in [2.05, 4.69) is 10.3 Å². The number of aryl methyl sites for hydroxylation is 1. The molecule has 0 radical (unpaired) electrons.